The highest BCUT2D eigenvalue weighted by molar-refractivity contribution is 5.86. The van der Waals surface area contributed by atoms with E-state index in [2.05, 4.69) is 65.3 Å². The van der Waals surface area contributed by atoms with Gasteiger partial charge < -0.3 is 9.88 Å². The number of H-pyrrole nitrogens is 1. The Kier molecular flexibility index (Phi) is 4.91. The van der Waals surface area contributed by atoms with Gasteiger partial charge in [-0.2, -0.15) is 0 Å². The molecule has 0 radical (unpaired) electrons. The van der Waals surface area contributed by atoms with Crippen LogP contribution in [-0.2, 0) is 11.2 Å². The van der Waals surface area contributed by atoms with E-state index in [9.17, 15) is 4.79 Å². The number of nitrogens with zero attached hydrogens (tertiary/aromatic N) is 1. The topological polar surface area (TPSA) is 36.1 Å². The van der Waals surface area contributed by atoms with Crippen molar-refractivity contribution >= 4 is 16.8 Å². The van der Waals surface area contributed by atoms with Crippen LogP contribution in [0.15, 0.2) is 48.5 Å². The Bertz CT molecular complexity index is 1010. The number of nitrogens with one attached hydrogen (secondary N) is 1. The minimum absolute atomic E-state index is 0.0113. The van der Waals surface area contributed by atoms with E-state index >= 15 is 0 Å². The second-order valence-corrected chi connectivity index (χ2v) is 8.90. The van der Waals surface area contributed by atoms with Crippen molar-refractivity contribution in [3.8, 4) is 0 Å². The summed E-state index contributed by atoms with van der Waals surface area (Å²) in [5.74, 6) is 1.07. The monoisotopic (exact) mass is 386 g/mol. The Hall–Kier alpha value is -2.55. The van der Waals surface area contributed by atoms with Gasteiger partial charge in [0.1, 0.15) is 0 Å². The van der Waals surface area contributed by atoms with Gasteiger partial charge in [0.15, 0.2) is 0 Å². The first-order valence-corrected chi connectivity index (χ1v) is 11.2. The highest BCUT2D eigenvalue weighted by atomic mass is 16.2. The number of fused-ring (bicyclic) bond motifs is 3. The van der Waals surface area contributed by atoms with E-state index in [1.54, 1.807) is 0 Å². The number of benzene rings is 2. The Morgan fingerprint density at radius 2 is 1.83 bits per heavy atom. The SMILES string of the molecule is Cc1ccc([C@H]2c3[nH]c4ccccc4c3CCN2C(=O)CCC2CCCC2)cc1. The minimum Gasteiger partial charge on any atom is -0.356 e. The van der Waals surface area contributed by atoms with E-state index in [-0.39, 0.29) is 6.04 Å². The van der Waals surface area contributed by atoms with Crippen LogP contribution in [0.5, 0.6) is 0 Å². The van der Waals surface area contributed by atoms with Gasteiger partial charge >= 0.3 is 0 Å². The molecule has 0 unspecified atom stereocenters. The summed E-state index contributed by atoms with van der Waals surface area (Å²) in [4.78, 5) is 19.1. The molecule has 3 aromatic rings. The average Bonchev–Trinajstić information content (AvgIpc) is 3.39. The first-order chi connectivity index (χ1) is 14.2. The predicted molar refractivity (Wildman–Crippen MR) is 118 cm³/mol. The molecule has 2 heterocycles. The highest BCUT2D eigenvalue weighted by Crippen LogP contribution is 2.39. The average molecular weight is 387 g/mol. The Morgan fingerprint density at radius 1 is 1.07 bits per heavy atom. The standard InChI is InChI=1S/C26H30N2O/c1-18-10-13-20(14-11-18)26-25-22(21-8-4-5-9-23(21)27-25)16-17-28(26)24(29)15-12-19-6-2-3-7-19/h4-5,8-11,13-14,19,26-27H,2-3,6-7,12,15-17H2,1H3/t26-/m0/s1. The molecule has 3 heteroatoms. The number of amides is 1. The van der Waals surface area contributed by atoms with Crippen LogP contribution in [0.1, 0.15) is 67.0 Å². The van der Waals surface area contributed by atoms with Crippen LogP contribution in [0.2, 0.25) is 0 Å². The van der Waals surface area contributed by atoms with Crippen LogP contribution in [0.3, 0.4) is 0 Å². The molecule has 5 rings (SSSR count). The van der Waals surface area contributed by atoms with Gasteiger partial charge in [0.2, 0.25) is 5.91 Å². The van der Waals surface area contributed by atoms with Crippen LogP contribution < -0.4 is 0 Å². The normalized spacial score (nSPS) is 19.6. The summed E-state index contributed by atoms with van der Waals surface area (Å²) in [5, 5.41) is 1.30. The lowest BCUT2D eigenvalue weighted by Crippen LogP contribution is -2.40. The summed E-state index contributed by atoms with van der Waals surface area (Å²) in [6, 6.07) is 17.2. The minimum atomic E-state index is -0.0113. The van der Waals surface area contributed by atoms with Gasteiger partial charge in [0.25, 0.3) is 0 Å². The first kappa shape index (κ1) is 18.5. The zero-order chi connectivity index (χ0) is 19.8. The molecule has 1 saturated carbocycles. The van der Waals surface area contributed by atoms with Gasteiger partial charge in [-0.1, -0.05) is 73.7 Å². The van der Waals surface area contributed by atoms with Gasteiger partial charge in [-0.25, -0.2) is 0 Å². The first-order valence-electron chi connectivity index (χ1n) is 11.2. The zero-order valence-corrected chi connectivity index (χ0v) is 17.3. The smallest absolute Gasteiger partial charge is 0.223 e. The fraction of sp³-hybridized carbons (Fsp3) is 0.423. The Morgan fingerprint density at radius 3 is 2.62 bits per heavy atom. The van der Waals surface area contributed by atoms with Gasteiger partial charge in [0.05, 0.1) is 6.04 Å². The molecule has 1 atom stereocenters. The van der Waals surface area contributed by atoms with E-state index in [0.29, 0.717) is 12.3 Å². The van der Waals surface area contributed by atoms with Crippen molar-refractivity contribution in [1.29, 1.82) is 0 Å². The molecule has 0 spiro atoms. The molecule has 1 fully saturated rings. The van der Waals surface area contributed by atoms with E-state index in [1.807, 2.05) is 0 Å². The molecule has 2 aliphatic rings. The quantitative estimate of drug-likeness (QED) is 0.593. The summed E-state index contributed by atoms with van der Waals surface area (Å²) < 4.78 is 0. The third kappa shape index (κ3) is 3.48. The van der Waals surface area contributed by atoms with Gasteiger partial charge in [-0.15, -0.1) is 0 Å². The van der Waals surface area contributed by atoms with Crippen molar-refractivity contribution in [2.75, 3.05) is 6.54 Å². The summed E-state index contributed by atoms with van der Waals surface area (Å²) in [6.07, 6.45) is 7.95. The molecule has 3 nitrogen and oxygen atoms in total. The zero-order valence-electron chi connectivity index (χ0n) is 17.3. The molecule has 2 aromatic carbocycles. The summed E-state index contributed by atoms with van der Waals surface area (Å²) >= 11 is 0. The summed E-state index contributed by atoms with van der Waals surface area (Å²) in [5.41, 5.74) is 6.22. The third-order valence-corrected chi connectivity index (χ3v) is 6.99. The third-order valence-electron chi connectivity index (χ3n) is 6.99. The van der Waals surface area contributed by atoms with Gasteiger partial charge in [0, 0.05) is 29.6 Å². The number of rotatable bonds is 4. The van der Waals surface area contributed by atoms with Crippen molar-refractivity contribution in [2.24, 2.45) is 5.92 Å². The molecule has 1 N–H and O–H groups in total. The molecule has 1 aliphatic carbocycles. The van der Waals surface area contributed by atoms with Gasteiger partial charge in [-0.05, 0) is 42.9 Å². The number of aryl methyl sites for hydroxylation is 1. The highest BCUT2D eigenvalue weighted by Gasteiger charge is 2.34. The molecule has 1 aromatic heterocycles. The number of aromatic amines is 1. The molecule has 1 amide bonds. The fourth-order valence-corrected chi connectivity index (χ4v) is 5.38. The van der Waals surface area contributed by atoms with E-state index < -0.39 is 0 Å². The maximum atomic E-state index is 13.3. The fourth-order valence-electron chi connectivity index (χ4n) is 5.38. The van der Waals surface area contributed by atoms with Crippen molar-refractivity contribution in [3.63, 3.8) is 0 Å². The molecule has 0 saturated heterocycles. The number of hydrogen-bond acceptors (Lipinski definition) is 1. The number of carbonyl (C=O) groups excluding carboxylic acids is 1. The van der Waals surface area contributed by atoms with Crippen molar-refractivity contribution in [3.05, 3.63) is 70.9 Å². The van der Waals surface area contributed by atoms with Crippen molar-refractivity contribution < 1.29 is 4.79 Å². The van der Waals surface area contributed by atoms with E-state index in [0.717, 1.165) is 25.3 Å². The summed E-state index contributed by atoms with van der Waals surface area (Å²) in [6.45, 7) is 2.92. The molecule has 29 heavy (non-hydrogen) atoms. The maximum Gasteiger partial charge on any atom is 0.223 e. The second kappa shape index (κ2) is 7.70. The van der Waals surface area contributed by atoms with Crippen LogP contribution in [-0.4, -0.2) is 22.3 Å². The lowest BCUT2D eigenvalue weighted by atomic mass is 9.91. The van der Waals surface area contributed by atoms with E-state index in [1.165, 1.54) is 59.0 Å². The Labute approximate surface area is 173 Å². The lowest BCUT2D eigenvalue weighted by molar-refractivity contribution is -0.133. The lowest BCUT2D eigenvalue weighted by Gasteiger charge is -2.36. The maximum absolute atomic E-state index is 13.3. The van der Waals surface area contributed by atoms with Gasteiger partial charge in [-0.3, -0.25) is 4.79 Å². The molecule has 150 valence electrons. The van der Waals surface area contributed by atoms with Crippen LogP contribution in [0, 0.1) is 12.8 Å². The second-order valence-electron chi connectivity index (χ2n) is 8.90. The molecule has 0 bridgehead atoms. The summed E-state index contributed by atoms with van der Waals surface area (Å²) in [7, 11) is 0. The number of carbonyl (C=O) groups is 1. The van der Waals surface area contributed by atoms with Crippen molar-refractivity contribution in [2.45, 2.75) is 57.9 Å². The number of para-hydroxylation sites is 1. The number of hydrogen-bond donors (Lipinski definition) is 1. The molecular formula is C26H30N2O. The number of aromatic nitrogens is 1. The predicted octanol–water partition coefficient (Wildman–Crippen LogP) is 5.92. The van der Waals surface area contributed by atoms with Crippen LogP contribution in [0.4, 0.5) is 0 Å². The largest absolute Gasteiger partial charge is 0.356 e. The van der Waals surface area contributed by atoms with Crippen LogP contribution in [0.25, 0.3) is 10.9 Å². The van der Waals surface area contributed by atoms with E-state index in [4.69, 9.17) is 0 Å². The van der Waals surface area contributed by atoms with Crippen molar-refractivity contribution in [1.82, 2.24) is 9.88 Å². The Balaban J connectivity index is 1.50. The molecule has 1 aliphatic heterocycles. The van der Waals surface area contributed by atoms with Crippen LogP contribution >= 0.6 is 0 Å². The molecular weight excluding hydrogens is 356 g/mol.